The first-order valence-electron chi connectivity index (χ1n) is 11.2. The van der Waals surface area contributed by atoms with E-state index in [1.807, 2.05) is 30.3 Å². The van der Waals surface area contributed by atoms with Crippen LogP contribution in [0.4, 0.5) is 11.6 Å². The van der Waals surface area contributed by atoms with Gasteiger partial charge >= 0.3 is 0 Å². The summed E-state index contributed by atoms with van der Waals surface area (Å²) in [5.41, 5.74) is 1.61. The van der Waals surface area contributed by atoms with Crippen LogP contribution in [0.25, 0.3) is 11.4 Å². The summed E-state index contributed by atoms with van der Waals surface area (Å²) in [7, 11) is 1.46. The van der Waals surface area contributed by atoms with Crippen LogP contribution < -0.4 is 26.0 Å². The van der Waals surface area contributed by atoms with Crippen LogP contribution in [-0.4, -0.2) is 60.2 Å². The molecule has 2 aromatic carbocycles. The van der Waals surface area contributed by atoms with Gasteiger partial charge in [0.1, 0.15) is 11.6 Å². The largest absolute Gasteiger partial charge is 0.504 e. The maximum absolute atomic E-state index is 12.3. The summed E-state index contributed by atoms with van der Waals surface area (Å²) < 4.78 is 5.08. The van der Waals surface area contributed by atoms with Gasteiger partial charge in [0.25, 0.3) is 0 Å². The molecule has 0 bridgehead atoms. The van der Waals surface area contributed by atoms with Crippen molar-refractivity contribution in [3.05, 3.63) is 60.2 Å². The highest BCUT2D eigenvalue weighted by atomic mass is 16.5. The van der Waals surface area contributed by atoms with Crippen LogP contribution in [0.2, 0.25) is 0 Å². The third-order valence-electron chi connectivity index (χ3n) is 4.93. The Morgan fingerprint density at radius 1 is 0.886 bits per heavy atom. The number of hydrogen-bond donors (Lipinski definition) is 5. The molecule has 0 spiro atoms. The average Bonchev–Trinajstić information content (AvgIpc) is 2.86. The molecule has 0 fully saturated rings. The number of amides is 2. The van der Waals surface area contributed by atoms with Crippen LogP contribution in [0.3, 0.4) is 0 Å². The Bertz CT molecular complexity index is 1140. The standard InChI is InChI=1S/C25H30N6O4/c1-17(32)26-10-11-27-22-16-23(31-25(30-22)19-6-4-3-5-7-19)28-12-13-29-24(34)15-18-8-9-20(33)21(14-18)35-2/h3-9,14,16,33H,10-13,15H2,1-2H3,(H,26,32)(H,29,34)(H2,27,28,30,31). The van der Waals surface area contributed by atoms with Crippen molar-refractivity contribution in [3.8, 4) is 22.9 Å². The number of anilines is 2. The fourth-order valence-corrected chi connectivity index (χ4v) is 3.25. The number of nitrogens with zero attached hydrogens (tertiary/aromatic N) is 2. The van der Waals surface area contributed by atoms with E-state index in [-0.39, 0.29) is 24.0 Å². The van der Waals surface area contributed by atoms with Crippen molar-refractivity contribution in [2.24, 2.45) is 0 Å². The third-order valence-corrected chi connectivity index (χ3v) is 4.93. The van der Waals surface area contributed by atoms with Crippen molar-refractivity contribution in [2.45, 2.75) is 13.3 Å². The lowest BCUT2D eigenvalue weighted by molar-refractivity contribution is -0.120. The third kappa shape index (κ3) is 8.18. The van der Waals surface area contributed by atoms with Gasteiger partial charge in [-0.3, -0.25) is 9.59 Å². The second-order valence-electron chi connectivity index (χ2n) is 7.70. The molecule has 10 nitrogen and oxygen atoms in total. The summed E-state index contributed by atoms with van der Waals surface area (Å²) in [6.07, 6.45) is 0.171. The van der Waals surface area contributed by atoms with E-state index >= 15 is 0 Å². The van der Waals surface area contributed by atoms with E-state index in [9.17, 15) is 14.7 Å². The van der Waals surface area contributed by atoms with Gasteiger partial charge in [-0.05, 0) is 17.7 Å². The lowest BCUT2D eigenvalue weighted by Gasteiger charge is -2.12. The van der Waals surface area contributed by atoms with E-state index in [1.54, 1.807) is 18.2 Å². The summed E-state index contributed by atoms with van der Waals surface area (Å²) in [5, 5.41) is 21.7. The highest BCUT2D eigenvalue weighted by molar-refractivity contribution is 5.78. The van der Waals surface area contributed by atoms with E-state index < -0.39 is 0 Å². The van der Waals surface area contributed by atoms with Gasteiger partial charge in [0.2, 0.25) is 11.8 Å². The number of hydrogen-bond acceptors (Lipinski definition) is 8. The van der Waals surface area contributed by atoms with E-state index in [0.29, 0.717) is 49.4 Å². The summed E-state index contributed by atoms with van der Waals surface area (Å²) in [5.74, 6) is 1.92. The minimum absolute atomic E-state index is 0.0320. The summed E-state index contributed by atoms with van der Waals surface area (Å²) in [6.45, 7) is 3.32. The molecular weight excluding hydrogens is 448 g/mol. The number of carbonyl (C=O) groups excluding carboxylic acids is 2. The van der Waals surface area contributed by atoms with Gasteiger partial charge in [-0.1, -0.05) is 36.4 Å². The Kier molecular flexibility index (Phi) is 9.23. The second-order valence-corrected chi connectivity index (χ2v) is 7.70. The number of nitrogens with one attached hydrogen (secondary N) is 4. The zero-order valence-corrected chi connectivity index (χ0v) is 19.8. The van der Waals surface area contributed by atoms with Gasteiger partial charge in [-0.15, -0.1) is 0 Å². The predicted molar refractivity (Wildman–Crippen MR) is 135 cm³/mol. The molecule has 3 aromatic rings. The fraction of sp³-hybridized carbons (Fsp3) is 0.280. The van der Waals surface area contributed by atoms with Crippen LogP contribution in [0.15, 0.2) is 54.6 Å². The van der Waals surface area contributed by atoms with Gasteiger partial charge in [0.15, 0.2) is 17.3 Å². The van der Waals surface area contributed by atoms with Crippen molar-refractivity contribution >= 4 is 23.5 Å². The van der Waals surface area contributed by atoms with Crippen LogP contribution >= 0.6 is 0 Å². The van der Waals surface area contributed by atoms with Crippen molar-refractivity contribution in [1.29, 1.82) is 0 Å². The Morgan fingerprint density at radius 3 is 2.17 bits per heavy atom. The van der Waals surface area contributed by atoms with Gasteiger partial charge in [0, 0.05) is 44.7 Å². The molecule has 0 unspecified atom stereocenters. The van der Waals surface area contributed by atoms with Gasteiger partial charge in [-0.25, -0.2) is 9.97 Å². The van der Waals surface area contributed by atoms with Crippen molar-refractivity contribution in [2.75, 3.05) is 43.9 Å². The molecule has 0 atom stereocenters. The molecule has 5 N–H and O–H groups in total. The fourth-order valence-electron chi connectivity index (χ4n) is 3.25. The molecule has 0 aliphatic heterocycles. The molecular formula is C25H30N6O4. The monoisotopic (exact) mass is 478 g/mol. The molecule has 35 heavy (non-hydrogen) atoms. The minimum Gasteiger partial charge on any atom is -0.504 e. The van der Waals surface area contributed by atoms with E-state index in [0.717, 1.165) is 11.1 Å². The number of phenolic OH excluding ortho intramolecular Hbond substituents is 1. The van der Waals surface area contributed by atoms with Crippen LogP contribution in [0.5, 0.6) is 11.5 Å². The normalized spacial score (nSPS) is 10.3. The molecule has 3 rings (SSSR count). The Morgan fingerprint density at radius 2 is 1.54 bits per heavy atom. The van der Waals surface area contributed by atoms with Crippen LogP contribution in [-0.2, 0) is 16.0 Å². The molecule has 2 amide bonds. The van der Waals surface area contributed by atoms with Crippen LogP contribution in [0.1, 0.15) is 12.5 Å². The smallest absolute Gasteiger partial charge is 0.224 e. The molecule has 1 heterocycles. The molecule has 0 saturated heterocycles. The first kappa shape index (κ1) is 25.3. The maximum Gasteiger partial charge on any atom is 0.224 e. The van der Waals surface area contributed by atoms with E-state index in [2.05, 4.69) is 31.2 Å². The Balaban J connectivity index is 1.56. The zero-order chi connectivity index (χ0) is 25.0. The number of carbonyl (C=O) groups is 2. The first-order chi connectivity index (χ1) is 16.9. The first-order valence-corrected chi connectivity index (χ1v) is 11.2. The van der Waals surface area contributed by atoms with Gasteiger partial charge in [-0.2, -0.15) is 0 Å². The molecule has 10 heteroatoms. The SMILES string of the molecule is COc1cc(CC(=O)NCCNc2cc(NCCNC(C)=O)nc(-c3ccccc3)n2)ccc1O. The Labute approximate surface area is 204 Å². The highest BCUT2D eigenvalue weighted by Gasteiger charge is 2.09. The molecule has 184 valence electrons. The zero-order valence-electron chi connectivity index (χ0n) is 19.8. The van der Waals surface area contributed by atoms with Crippen LogP contribution in [0, 0.1) is 0 Å². The highest BCUT2D eigenvalue weighted by Crippen LogP contribution is 2.26. The average molecular weight is 479 g/mol. The van der Waals surface area contributed by atoms with Crippen molar-refractivity contribution < 1.29 is 19.4 Å². The molecule has 1 aromatic heterocycles. The number of methoxy groups -OCH3 is 1. The quantitative estimate of drug-likeness (QED) is 0.250. The Hall–Kier alpha value is -4.34. The lowest BCUT2D eigenvalue weighted by atomic mass is 10.1. The van der Waals surface area contributed by atoms with Gasteiger partial charge < -0.3 is 31.1 Å². The van der Waals surface area contributed by atoms with Gasteiger partial charge in [0.05, 0.1) is 13.5 Å². The number of phenols is 1. The molecule has 0 aliphatic rings. The van der Waals surface area contributed by atoms with E-state index in [1.165, 1.54) is 20.1 Å². The number of benzene rings is 2. The summed E-state index contributed by atoms with van der Waals surface area (Å²) in [6, 6.07) is 16.2. The topological polar surface area (TPSA) is 138 Å². The lowest BCUT2D eigenvalue weighted by Crippen LogP contribution is -2.30. The minimum atomic E-state index is -0.146. The maximum atomic E-state index is 12.3. The molecule has 0 aliphatic carbocycles. The predicted octanol–water partition coefficient (Wildman–Crippen LogP) is 2.18. The molecule has 0 saturated carbocycles. The van der Waals surface area contributed by atoms with E-state index in [4.69, 9.17) is 4.74 Å². The number of aromatic hydroxyl groups is 1. The summed E-state index contributed by atoms with van der Waals surface area (Å²) >= 11 is 0. The summed E-state index contributed by atoms with van der Waals surface area (Å²) in [4.78, 5) is 32.5. The van der Waals surface area contributed by atoms with Crippen molar-refractivity contribution in [1.82, 2.24) is 20.6 Å². The molecule has 0 radical (unpaired) electrons. The number of rotatable bonds is 12. The number of ether oxygens (including phenoxy) is 1. The number of aromatic nitrogens is 2. The van der Waals surface area contributed by atoms with Crippen molar-refractivity contribution in [3.63, 3.8) is 0 Å². The second kappa shape index (κ2) is 12.8.